The van der Waals surface area contributed by atoms with E-state index in [1.165, 1.54) is 13.8 Å². The number of amides is 2. The smallest absolute Gasteiger partial charge is 0.386 e. The molecule has 0 aromatic carbocycles. The number of aromatic nitrogens is 4. The number of rotatable bonds is 28. The fourth-order valence-corrected chi connectivity index (χ4v) is 9.15. The highest BCUT2D eigenvalue weighted by atomic mass is 32.2. The van der Waals surface area contributed by atoms with Gasteiger partial charge >= 0.3 is 23.5 Å². The van der Waals surface area contributed by atoms with Crippen molar-refractivity contribution in [2.45, 2.75) is 96.4 Å². The number of aliphatic hydroxyl groups is 2. The average molecular weight is 972 g/mol. The fraction of sp³-hybridized carbons (Fsp3) is 0.600. The van der Waals surface area contributed by atoms with Crippen LogP contribution in [0.3, 0.4) is 0 Å². The van der Waals surface area contributed by atoms with Crippen LogP contribution in [0.25, 0.3) is 11.2 Å². The SMILES string of the molecule is C/C=C/C/C=C/C/C=C/CCCCC(=O)SCCNC(=O)CCNC(=O)C(O)C(C)(C)COP(=O)(O)OP(=O)(O)OCC1OC(n2cnc3c(N)ncnc32)C(O)C1OP(=O)(O)O. The Morgan fingerprint density at radius 1 is 0.968 bits per heavy atom. The Kier molecular flexibility index (Phi) is 21.9. The summed E-state index contributed by atoms with van der Waals surface area (Å²) in [6.45, 7) is 2.50. The largest absolute Gasteiger partial charge is 0.481 e. The first-order chi connectivity index (χ1) is 29.6. The van der Waals surface area contributed by atoms with Crippen LogP contribution in [0.15, 0.2) is 49.1 Å². The summed E-state index contributed by atoms with van der Waals surface area (Å²) in [6, 6.07) is 0. The van der Waals surface area contributed by atoms with E-state index in [1.807, 2.05) is 13.0 Å². The molecule has 2 aromatic rings. The molecule has 1 saturated heterocycles. The summed E-state index contributed by atoms with van der Waals surface area (Å²) in [5.74, 6) is -1.07. The van der Waals surface area contributed by atoms with Gasteiger partial charge in [0.2, 0.25) is 11.8 Å². The van der Waals surface area contributed by atoms with Crippen molar-refractivity contribution in [3.63, 3.8) is 0 Å². The van der Waals surface area contributed by atoms with E-state index >= 15 is 0 Å². The highest BCUT2D eigenvalue weighted by molar-refractivity contribution is 8.13. The first kappa shape index (κ1) is 54.1. The molecule has 0 bridgehead atoms. The Hall–Kier alpha value is -3.22. The van der Waals surface area contributed by atoms with Gasteiger partial charge in [-0.2, -0.15) is 4.31 Å². The zero-order valence-corrected chi connectivity index (χ0v) is 38.3. The Bertz CT molecular complexity index is 2070. The van der Waals surface area contributed by atoms with Crippen molar-refractivity contribution >= 4 is 69.1 Å². The van der Waals surface area contributed by atoms with Gasteiger partial charge in [-0.3, -0.25) is 32.5 Å². The molecular formula is C35H56N7O17P3S. The minimum Gasteiger partial charge on any atom is -0.386 e. The number of carbonyl (C=O) groups is 3. The molecule has 1 fully saturated rings. The van der Waals surface area contributed by atoms with E-state index in [-0.39, 0.29) is 41.6 Å². The van der Waals surface area contributed by atoms with E-state index in [2.05, 4.69) is 64.8 Å². The summed E-state index contributed by atoms with van der Waals surface area (Å²) in [5, 5.41) is 26.5. The van der Waals surface area contributed by atoms with Crippen LogP contribution in [-0.4, -0.2) is 123 Å². The van der Waals surface area contributed by atoms with Crippen molar-refractivity contribution in [1.29, 1.82) is 0 Å². The summed E-state index contributed by atoms with van der Waals surface area (Å²) in [7, 11) is -16.4. The number of aliphatic hydroxyl groups excluding tert-OH is 2. The highest BCUT2D eigenvalue weighted by Crippen LogP contribution is 2.61. The molecule has 1 aliphatic rings. The van der Waals surface area contributed by atoms with E-state index < -0.39 is 84.6 Å². The molecule has 0 saturated carbocycles. The zero-order chi connectivity index (χ0) is 46.8. The van der Waals surface area contributed by atoms with Crippen molar-refractivity contribution in [3.8, 4) is 0 Å². The van der Waals surface area contributed by atoms with Gasteiger partial charge in [-0.05, 0) is 39.0 Å². The number of nitrogens with zero attached hydrogens (tertiary/aromatic N) is 4. The molecule has 2 amide bonds. The second kappa shape index (κ2) is 25.5. The molecule has 0 spiro atoms. The maximum atomic E-state index is 12.7. The molecule has 354 valence electrons. The number of hydrogen-bond donors (Lipinski definition) is 9. The number of imidazole rings is 1. The van der Waals surface area contributed by atoms with E-state index in [0.29, 0.717) is 12.2 Å². The standard InChI is InChI=1S/C35H56N7O17P3S/c1-4-5-6-7-8-9-10-11-12-13-14-15-26(44)63-19-18-37-25(43)16-17-38-33(47)30(46)35(2,3)21-56-62(53,54)59-61(51,52)55-20-24-29(58-60(48,49)50)28(45)34(57-24)42-23-41-27-31(36)39-22-40-32(27)42/h4-5,7-8,10-11,22-24,28-30,34,45-46H,6,9,12-21H2,1-3H3,(H,37,43)(H,38,47)(H,51,52)(H,53,54)(H2,36,39,40)(H2,48,49,50)/b5-4+,8-7+,11-10+. The van der Waals surface area contributed by atoms with Crippen LogP contribution in [0.5, 0.6) is 0 Å². The number of allylic oxidation sites excluding steroid dienone is 6. The number of carbonyl (C=O) groups excluding carboxylic acids is 3. The van der Waals surface area contributed by atoms with E-state index in [0.717, 1.165) is 61.1 Å². The Morgan fingerprint density at radius 2 is 1.65 bits per heavy atom. The van der Waals surface area contributed by atoms with E-state index in [1.54, 1.807) is 0 Å². The number of anilines is 1. The summed E-state index contributed by atoms with van der Waals surface area (Å²) in [5.41, 5.74) is 4.27. The lowest BCUT2D eigenvalue weighted by Crippen LogP contribution is -2.46. The Balaban J connectivity index is 1.37. The molecular weight excluding hydrogens is 915 g/mol. The van der Waals surface area contributed by atoms with Gasteiger partial charge in [-0.15, -0.1) is 0 Å². The van der Waals surface area contributed by atoms with E-state index in [4.69, 9.17) is 19.5 Å². The van der Waals surface area contributed by atoms with Gasteiger partial charge in [-0.25, -0.2) is 28.6 Å². The highest BCUT2D eigenvalue weighted by Gasteiger charge is 2.50. The third-order valence-corrected chi connectivity index (χ3v) is 12.9. The van der Waals surface area contributed by atoms with Crippen molar-refractivity contribution < 1.29 is 80.5 Å². The number of phosphoric ester groups is 3. The average Bonchev–Trinajstić information content (AvgIpc) is 3.76. The Labute approximate surface area is 367 Å². The molecule has 1 aliphatic heterocycles. The summed E-state index contributed by atoms with van der Waals surface area (Å²) in [6.07, 6.45) is 10.3. The summed E-state index contributed by atoms with van der Waals surface area (Å²) < 4.78 is 62.3. The molecule has 28 heteroatoms. The van der Waals surface area contributed by atoms with Crippen molar-refractivity contribution in [1.82, 2.24) is 30.2 Å². The molecule has 3 heterocycles. The number of fused-ring (bicyclic) bond motifs is 1. The summed E-state index contributed by atoms with van der Waals surface area (Å²) in [4.78, 5) is 88.1. The van der Waals surface area contributed by atoms with Crippen LogP contribution in [0, 0.1) is 5.41 Å². The van der Waals surface area contributed by atoms with Crippen LogP contribution in [0.4, 0.5) is 5.82 Å². The number of nitrogens with two attached hydrogens (primary N) is 1. The molecule has 0 aliphatic carbocycles. The second-order valence-corrected chi connectivity index (χ2v) is 19.9. The van der Waals surface area contributed by atoms with Crippen LogP contribution < -0.4 is 16.4 Å². The van der Waals surface area contributed by atoms with Gasteiger partial charge in [0.15, 0.2) is 22.8 Å². The lowest BCUT2D eigenvalue weighted by molar-refractivity contribution is -0.137. The maximum Gasteiger partial charge on any atom is 0.481 e. The number of hydrogen-bond acceptors (Lipinski definition) is 18. The number of ether oxygens (including phenoxy) is 1. The van der Waals surface area contributed by atoms with Gasteiger partial charge in [0.25, 0.3) is 0 Å². The van der Waals surface area contributed by atoms with Gasteiger partial charge in [0.1, 0.15) is 36.3 Å². The third-order valence-electron chi connectivity index (χ3n) is 8.88. The first-order valence-corrected chi connectivity index (χ1v) is 25.0. The lowest BCUT2D eigenvalue weighted by Gasteiger charge is -2.30. The minimum atomic E-state index is -5.58. The quantitative estimate of drug-likeness (QED) is 0.0336. The molecule has 2 aromatic heterocycles. The number of phosphoric acid groups is 3. The van der Waals surface area contributed by atoms with Crippen molar-refractivity contribution in [2.75, 3.05) is 37.8 Å². The number of nitrogen functional groups attached to an aromatic ring is 1. The van der Waals surface area contributed by atoms with Crippen molar-refractivity contribution in [2.24, 2.45) is 5.41 Å². The van der Waals surface area contributed by atoms with Crippen LogP contribution in [-0.2, 0) is 50.7 Å². The molecule has 24 nitrogen and oxygen atoms in total. The van der Waals surface area contributed by atoms with Crippen LogP contribution >= 0.6 is 35.2 Å². The normalized spacial score (nSPS) is 21.0. The molecule has 63 heavy (non-hydrogen) atoms. The van der Waals surface area contributed by atoms with Gasteiger partial charge in [0, 0.05) is 37.1 Å². The topological polar surface area (TPSA) is 364 Å². The molecule has 3 rings (SSSR count). The first-order valence-electron chi connectivity index (χ1n) is 19.5. The van der Waals surface area contributed by atoms with Crippen molar-refractivity contribution in [3.05, 3.63) is 49.1 Å². The predicted molar refractivity (Wildman–Crippen MR) is 228 cm³/mol. The maximum absolute atomic E-state index is 12.7. The number of nitrogens with one attached hydrogen (secondary N) is 2. The number of thioether (sulfide) groups is 1. The second-order valence-electron chi connectivity index (χ2n) is 14.5. The minimum absolute atomic E-state index is 0.0251. The molecule has 10 N–H and O–H groups in total. The third kappa shape index (κ3) is 19.0. The monoisotopic (exact) mass is 971 g/mol. The molecule has 7 atom stereocenters. The predicted octanol–water partition coefficient (Wildman–Crippen LogP) is 2.69. The molecule has 7 unspecified atom stereocenters. The fourth-order valence-electron chi connectivity index (χ4n) is 5.60. The van der Waals surface area contributed by atoms with Gasteiger partial charge < -0.3 is 50.9 Å². The van der Waals surface area contributed by atoms with Gasteiger partial charge in [0.05, 0.1) is 19.5 Å². The summed E-state index contributed by atoms with van der Waals surface area (Å²) >= 11 is 1.12. The number of unbranched alkanes of at least 4 members (excludes halogenated alkanes) is 2. The van der Waals surface area contributed by atoms with Gasteiger partial charge in [-0.1, -0.05) is 62.1 Å². The van der Waals surface area contributed by atoms with Crippen LogP contribution in [0.1, 0.15) is 71.9 Å². The lowest BCUT2D eigenvalue weighted by atomic mass is 9.87. The van der Waals surface area contributed by atoms with Crippen LogP contribution in [0.2, 0.25) is 0 Å². The molecule has 0 radical (unpaired) electrons. The Morgan fingerprint density at radius 3 is 2.35 bits per heavy atom. The zero-order valence-electron chi connectivity index (χ0n) is 34.8. The van der Waals surface area contributed by atoms with E-state index in [9.17, 15) is 57.9 Å².